The van der Waals surface area contributed by atoms with Crippen molar-refractivity contribution in [1.29, 1.82) is 0 Å². The highest BCUT2D eigenvalue weighted by Crippen LogP contribution is 2.24. The molecule has 0 aliphatic carbocycles. The minimum Gasteiger partial charge on any atom is -0.496 e. The zero-order valence-corrected chi connectivity index (χ0v) is 12.5. The number of nitrogens with one attached hydrogen (secondary N) is 1. The molecule has 0 fully saturated rings. The van der Waals surface area contributed by atoms with Gasteiger partial charge in [0.15, 0.2) is 0 Å². The second-order valence-electron chi connectivity index (χ2n) is 4.25. The SMILES string of the molecule is CCC(CO)(CO)NC(=O)c1ccc(Br)cc1OC. The Labute approximate surface area is 120 Å². The van der Waals surface area contributed by atoms with Crippen molar-refractivity contribution in [3.05, 3.63) is 28.2 Å². The van der Waals surface area contributed by atoms with Crippen molar-refractivity contribution in [1.82, 2.24) is 5.32 Å². The Morgan fingerprint density at radius 3 is 2.53 bits per heavy atom. The zero-order valence-electron chi connectivity index (χ0n) is 10.9. The fraction of sp³-hybridized carbons (Fsp3) is 0.462. The summed E-state index contributed by atoms with van der Waals surface area (Å²) in [5.41, 5.74) is -0.666. The van der Waals surface area contributed by atoms with Crippen LogP contribution < -0.4 is 10.1 Å². The van der Waals surface area contributed by atoms with Crippen LogP contribution in [0.3, 0.4) is 0 Å². The van der Waals surface area contributed by atoms with Crippen molar-refractivity contribution in [2.24, 2.45) is 0 Å². The lowest BCUT2D eigenvalue weighted by atomic mass is 9.97. The molecule has 0 aliphatic heterocycles. The largest absolute Gasteiger partial charge is 0.496 e. The van der Waals surface area contributed by atoms with Gasteiger partial charge in [-0.3, -0.25) is 4.79 Å². The second kappa shape index (κ2) is 6.88. The number of amides is 1. The molecule has 1 rings (SSSR count). The van der Waals surface area contributed by atoms with Crippen molar-refractivity contribution in [3.8, 4) is 5.75 Å². The maximum Gasteiger partial charge on any atom is 0.255 e. The molecule has 0 atom stereocenters. The van der Waals surface area contributed by atoms with Gasteiger partial charge in [0, 0.05) is 4.47 Å². The van der Waals surface area contributed by atoms with Crippen LogP contribution >= 0.6 is 15.9 Å². The van der Waals surface area contributed by atoms with Crippen molar-refractivity contribution in [2.75, 3.05) is 20.3 Å². The van der Waals surface area contributed by atoms with Crippen molar-refractivity contribution < 1.29 is 19.7 Å². The Morgan fingerprint density at radius 2 is 2.05 bits per heavy atom. The predicted octanol–water partition coefficient (Wildman–Crippen LogP) is 1.32. The number of ether oxygens (including phenoxy) is 1. The maximum absolute atomic E-state index is 12.2. The van der Waals surface area contributed by atoms with E-state index in [1.165, 1.54) is 7.11 Å². The molecule has 0 aliphatic rings. The Hall–Kier alpha value is -1.11. The van der Waals surface area contributed by atoms with Gasteiger partial charge in [0.25, 0.3) is 5.91 Å². The highest BCUT2D eigenvalue weighted by Gasteiger charge is 2.29. The molecule has 1 aromatic rings. The lowest BCUT2D eigenvalue weighted by Crippen LogP contribution is -2.53. The number of aliphatic hydroxyl groups excluding tert-OH is 2. The van der Waals surface area contributed by atoms with Crippen LogP contribution in [0.1, 0.15) is 23.7 Å². The minimum atomic E-state index is -1.02. The van der Waals surface area contributed by atoms with E-state index in [1.807, 2.05) is 0 Å². The predicted molar refractivity (Wildman–Crippen MR) is 75.4 cm³/mol. The molecular weight excluding hydrogens is 314 g/mol. The lowest BCUT2D eigenvalue weighted by molar-refractivity contribution is 0.0650. The quantitative estimate of drug-likeness (QED) is 0.734. The summed E-state index contributed by atoms with van der Waals surface area (Å²) in [5.74, 6) is 0.0297. The summed E-state index contributed by atoms with van der Waals surface area (Å²) in [7, 11) is 1.48. The highest BCUT2D eigenvalue weighted by molar-refractivity contribution is 9.10. The van der Waals surface area contributed by atoms with Crippen LogP contribution in [0.25, 0.3) is 0 Å². The number of hydrogen-bond donors (Lipinski definition) is 3. The number of benzene rings is 1. The Kier molecular flexibility index (Phi) is 5.78. The summed E-state index contributed by atoms with van der Waals surface area (Å²) in [6.07, 6.45) is 0.421. The number of halogens is 1. The van der Waals surface area contributed by atoms with E-state index in [0.717, 1.165) is 4.47 Å². The molecule has 19 heavy (non-hydrogen) atoms. The average Bonchev–Trinajstić information content (AvgIpc) is 2.44. The van der Waals surface area contributed by atoms with Gasteiger partial charge in [-0.05, 0) is 24.6 Å². The minimum absolute atomic E-state index is 0.329. The maximum atomic E-state index is 12.2. The summed E-state index contributed by atoms with van der Waals surface area (Å²) in [4.78, 5) is 12.2. The summed E-state index contributed by atoms with van der Waals surface area (Å²) in [5, 5.41) is 21.3. The normalized spacial score (nSPS) is 11.2. The number of aliphatic hydroxyl groups is 2. The van der Waals surface area contributed by atoms with Crippen LogP contribution in [0.5, 0.6) is 5.75 Å². The van der Waals surface area contributed by atoms with Gasteiger partial charge in [0.1, 0.15) is 5.75 Å². The van der Waals surface area contributed by atoms with E-state index >= 15 is 0 Å². The number of hydrogen-bond acceptors (Lipinski definition) is 4. The molecule has 6 heteroatoms. The molecule has 0 heterocycles. The molecule has 1 aromatic carbocycles. The molecule has 0 bridgehead atoms. The monoisotopic (exact) mass is 331 g/mol. The first-order chi connectivity index (χ1) is 9.01. The molecule has 0 unspecified atom stereocenters. The van der Waals surface area contributed by atoms with Crippen LogP contribution in [0.4, 0.5) is 0 Å². The summed E-state index contributed by atoms with van der Waals surface area (Å²) >= 11 is 3.30. The van der Waals surface area contributed by atoms with E-state index in [0.29, 0.717) is 17.7 Å². The van der Waals surface area contributed by atoms with Gasteiger partial charge >= 0.3 is 0 Å². The summed E-state index contributed by atoms with van der Waals surface area (Å²) in [6, 6.07) is 5.02. The lowest BCUT2D eigenvalue weighted by Gasteiger charge is -2.29. The second-order valence-corrected chi connectivity index (χ2v) is 5.16. The van der Waals surface area contributed by atoms with Gasteiger partial charge in [-0.1, -0.05) is 22.9 Å². The fourth-order valence-corrected chi connectivity index (χ4v) is 1.94. The van der Waals surface area contributed by atoms with E-state index in [-0.39, 0.29) is 13.2 Å². The van der Waals surface area contributed by atoms with Crippen LogP contribution in [-0.2, 0) is 0 Å². The van der Waals surface area contributed by atoms with Gasteiger partial charge in [0.05, 0.1) is 31.4 Å². The Bertz CT molecular complexity index is 438. The summed E-state index contributed by atoms with van der Waals surface area (Å²) in [6.45, 7) is 1.13. The first kappa shape index (κ1) is 15.9. The topological polar surface area (TPSA) is 78.8 Å². The van der Waals surface area contributed by atoms with Crippen molar-refractivity contribution in [3.63, 3.8) is 0 Å². The molecule has 0 aromatic heterocycles. The van der Waals surface area contributed by atoms with Crippen molar-refractivity contribution >= 4 is 21.8 Å². The van der Waals surface area contributed by atoms with Gasteiger partial charge in [-0.25, -0.2) is 0 Å². The number of carbonyl (C=O) groups excluding carboxylic acids is 1. The fourth-order valence-electron chi connectivity index (χ4n) is 1.60. The first-order valence-electron chi connectivity index (χ1n) is 5.89. The van der Waals surface area contributed by atoms with Gasteiger partial charge in [0.2, 0.25) is 0 Å². The molecular formula is C13H18BrNO4. The molecule has 106 valence electrons. The smallest absolute Gasteiger partial charge is 0.255 e. The van der Waals surface area contributed by atoms with Crippen LogP contribution in [-0.4, -0.2) is 42.0 Å². The van der Waals surface area contributed by atoms with Gasteiger partial charge in [-0.2, -0.15) is 0 Å². The molecule has 0 radical (unpaired) electrons. The van der Waals surface area contributed by atoms with Crippen LogP contribution in [0, 0.1) is 0 Å². The van der Waals surface area contributed by atoms with E-state index in [1.54, 1.807) is 25.1 Å². The standard InChI is InChI=1S/C13H18BrNO4/c1-3-13(7-16,8-17)15-12(18)10-5-4-9(14)6-11(10)19-2/h4-6,16-17H,3,7-8H2,1-2H3,(H,15,18). The third-order valence-corrected chi connectivity index (χ3v) is 3.56. The number of methoxy groups -OCH3 is 1. The molecule has 3 N–H and O–H groups in total. The van der Waals surface area contributed by atoms with Crippen LogP contribution in [0.15, 0.2) is 22.7 Å². The number of rotatable bonds is 6. The molecule has 0 saturated heterocycles. The van der Waals surface area contributed by atoms with E-state index in [9.17, 15) is 15.0 Å². The highest BCUT2D eigenvalue weighted by atomic mass is 79.9. The van der Waals surface area contributed by atoms with E-state index in [4.69, 9.17) is 4.74 Å². The molecule has 0 saturated carbocycles. The molecule has 5 nitrogen and oxygen atoms in total. The van der Waals surface area contributed by atoms with Gasteiger partial charge < -0.3 is 20.3 Å². The van der Waals surface area contributed by atoms with E-state index in [2.05, 4.69) is 21.2 Å². The molecule has 1 amide bonds. The van der Waals surface area contributed by atoms with Gasteiger partial charge in [-0.15, -0.1) is 0 Å². The number of carbonyl (C=O) groups is 1. The Balaban J connectivity index is 3.01. The zero-order chi connectivity index (χ0) is 14.5. The third kappa shape index (κ3) is 3.68. The Morgan fingerprint density at radius 1 is 1.42 bits per heavy atom. The summed E-state index contributed by atoms with van der Waals surface area (Å²) < 4.78 is 5.95. The van der Waals surface area contributed by atoms with Crippen molar-refractivity contribution in [2.45, 2.75) is 18.9 Å². The first-order valence-corrected chi connectivity index (χ1v) is 6.69. The average molecular weight is 332 g/mol. The molecule has 0 spiro atoms. The van der Waals surface area contributed by atoms with E-state index < -0.39 is 11.4 Å². The van der Waals surface area contributed by atoms with Crippen LogP contribution in [0.2, 0.25) is 0 Å². The third-order valence-electron chi connectivity index (χ3n) is 3.07.